The second-order valence-electron chi connectivity index (χ2n) is 7.52. The summed E-state index contributed by atoms with van der Waals surface area (Å²) >= 11 is 0. The third-order valence-electron chi connectivity index (χ3n) is 5.52. The van der Waals surface area contributed by atoms with Crippen LogP contribution in [0.4, 0.5) is 5.69 Å². The van der Waals surface area contributed by atoms with Crippen molar-refractivity contribution in [1.29, 1.82) is 0 Å². The van der Waals surface area contributed by atoms with Gasteiger partial charge in [-0.2, -0.15) is 10.2 Å². The molecule has 28 heavy (non-hydrogen) atoms. The largest absolute Gasteiger partial charge is 0.349 e. The van der Waals surface area contributed by atoms with E-state index in [0.717, 1.165) is 43.0 Å². The van der Waals surface area contributed by atoms with Crippen molar-refractivity contribution in [3.05, 3.63) is 29.3 Å². The van der Waals surface area contributed by atoms with Gasteiger partial charge >= 0.3 is 0 Å². The molecule has 0 unspecified atom stereocenters. The van der Waals surface area contributed by atoms with Crippen molar-refractivity contribution in [2.75, 3.05) is 18.4 Å². The number of amides is 2. The quantitative estimate of drug-likeness (QED) is 0.798. The highest BCUT2D eigenvalue weighted by atomic mass is 16.2. The number of carbonyl (C=O) groups is 2. The van der Waals surface area contributed by atoms with Gasteiger partial charge in [-0.25, -0.2) is 0 Å². The van der Waals surface area contributed by atoms with Crippen LogP contribution >= 0.6 is 0 Å². The minimum absolute atomic E-state index is 0.0305. The number of anilines is 1. The molecule has 0 radical (unpaired) electrons. The number of hydrogen-bond acceptors (Lipinski definition) is 5. The molecule has 1 aliphatic heterocycles. The number of carbonyl (C=O) groups excluding carboxylic acids is 2. The van der Waals surface area contributed by atoms with Crippen molar-refractivity contribution in [1.82, 2.24) is 29.8 Å². The van der Waals surface area contributed by atoms with Gasteiger partial charge in [0.1, 0.15) is 0 Å². The number of rotatable bonds is 5. The summed E-state index contributed by atoms with van der Waals surface area (Å²) in [6.45, 7) is 7.28. The summed E-state index contributed by atoms with van der Waals surface area (Å²) in [6, 6.07) is -0.129. The van der Waals surface area contributed by atoms with Gasteiger partial charge < -0.3 is 10.6 Å². The number of aromatic nitrogens is 4. The van der Waals surface area contributed by atoms with Crippen LogP contribution in [0.25, 0.3) is 0 Å². The first-order valence-corrected chi connectivity index (χ1v) is 9.61. The molecule has 9 heteroatoms. The van der Waals surface area contributed by atoms with Gasteiger partial charge in [-0.15, -0.1) is 0 Å². The van der Waals surface area contributed by atoms with Crippen LogP contribution in [0.15, 0.2) is 12.4 Å². The van der Waals surface area contributed by atoms with Crippen LogP contribution in [0.2, 0.25) is 0 Å². The maximum atomic E-state index is 12.7. The summed E-state index contributed by atoms with van der Waals surface area (Å²) in [5.74, 6) is -0.128. The summed E-state index contributed by atoms with van der Waals surface area (Å²) in [6.07, 6.45) is 4.90. The molecule has 3 rings (SSSR count). The molecule has 2 aromatic heterocycles. The Morgan fingerprint density at radius 2 is 1.89 bits per heavy atom. The lowest BCUT2D eigenvalue weighted by atomic mass is 10.0. The van der Waals surface area contributed by atoms with Gasteiger partial charge in [-0.1, -0.05) is 0 Å². The van der Waals surface area contributed by atoms with Crippen molar-refractivity contribution in [2.24, 2.45) is 14.1 Å². The van der Waals surface area contributed by atoms with Crippen LogP contribution in [0.3, 0.4) is 0 Å². The molecule has 152 valence electrons. The number of aryl methyl sites for hydroxylation is 3. The Hall–Kier alpha value is -2.68. The Labute approximate surface area is 165 Å². The van der Waals surface area contributed by atoms with Crippen molar-refractivity contribution in [3.8, 4) is 0 Å². The Balaban J connectivity index is 1.51. The molecule has 1 saturated heterocycles. The van der Waals surface area contributed by atoms with Gasteiger partial charge in [-0.3, -0.25) is 23.9 Å². The standard InChI is InChI=1S/C19H29N7O2/c1-12-17(13(2)25(5)23-12)22-18(27)14(3)26-8-6-16(7-9-26)21-19(28)15-10-20-24(4)11-15/h10-11,14,16H,6-9H2,1-5H3,(H,21,28)(H,22,27)/t14-/m1/s1. The molecular weight excluding hydrogens is 358 g/mol. The fraction of sp³-hybridized carbons (Fsp3) is 0.579. The van der Waals surface area contributed by atoms with E-state index in [9.17, 15) is 9.59 Å². The molecule has 1 fully saturated rings. The van der Waals surface area contributed by atoms with Crippen LogP contribution in [0.1, 0.15) is 41.5 Å². The fourth-order valence-electron chi connectivity index (χ4n) is 3.59. The zero-order chi connectivity index (χ0) is 20.4. The summed E-state index contributed by atoms with van der Waals surface area (Å²) in [5.41, 5.74) is 3.12. The molecule has 2 amide bonds. The Morgan fingerprint density at radius 1 is 1.21 bits per heavy atom. The van der Waals surface area contributed by atoms with E-state index in [1.165, 1.54) is 0 Å². The van der Waals surface area contributed by atoms with E-state index in [1.54, 1.807) is 28.8 Å². The normalized spacial score (nSPS) is 16.8. The molecule has 0 aliphatic carbocycles. The Kier molecular flexibility index (Phi) is 5.83. The minimum atomic E-state index is -0.242. The van der Waals surface area contributed by atoms with Crippen molar-refractivity contribution in [2.45, 2.75) is 45.7 Å². The number of likely N-dealkylation sites (tertiary alicyclic amines) is 1. The van der Waals surface area contributed by atoms with Crippen LogP contribution in [0.5, 0.6) is 0 Å². The van der Waals surface area contributed by atoms with E-state index < -0.39 is 0 Å². The molecule has 0 spiro atoms. The molecule has 0 saturated carbocycles. The second-order valence-corrected chi connectivity index (χ2v) is 7.52. The second kappa shape index (κ2) is 8.14. The highest BCUT2D eigenvalue weighted by Crippen LogP contribution is 2.20. The van der Waals surface area contributed by atoms with Crippen molar-refractivity contribution in [3.63, 3.8) is 0 Å². The average molecular weight is 387 g/mol. The van der Waals surface area contributed by atoms with E-state index in [2.05, 4.69) is 25.7 Å². The van der Waals surface area contributed by atoms with E-state index in [4.69, 9.17) is 0 Å². The SMILES string of the molecule is Cc1nn(C)c(C)c1NC(=O)[C@@H](C)N1CCC(NC(=O)c2cnn(C)c2)CC1. The predicted octanol–water partition coefficient (Wildman–Crippen LogP) is 0.992. The minimum Gasteiger partial charge on any atom is -0.349 e. The fourth-order valence-corrected chi connectivity index (χ4v) is 3.59. The molecule has 0 aromatic carbocycles. The molecule has 3 heterocycles. The number of hydrogen-bond donors (Lipinski definition) is 2. The molecule has 2 aromatic rings. The van der Waals surface area contributed by atoms with E-state index in [0.29, 0.717) is 5.56 Å². The topological polar surface area (TPSA) is 97.1 Å². The van der Waals surface area contributed by atoms with E-state index in [-0.39, 0.29) is 23.9 Å². The monoisotopic (exact) mass is 387 g/mol. The Bertz CT molecular complexity index is 862. The molecule has 2 N–H and O–H groups in total. The molecule has 1 aliphatic rings. The average Bonchev–Trinajstić information content (AvgIpc) is 3.20. The molecule has 0 bridgehead atoms. The summed E-state index contributed by atoms with van der Waals surface area (Å²) in [7, 11) is 3.65. The smallest absolute Gasteiger partial charge is 0.254 e. The number of piperidine rings is 1. The predicted molar refractivity (Wildman–Crippen MR) is 106 cm³/mol. The van der Waals surface area contributed by atoms with Gasteiger partial charge in [0.05, 0.1) is 34.9 Å². The Morgan fingerprint density at radius 3 is 2.43 bits per heavy atom. The summed E-state index contributed by atoms with van der Waals surface area (Å²) < 4.78 is 3.38. The molecule has 1 atom stereocenters. The first-order chi connectivity index (χ1) is 13.3. The summed E-state index contributed by atoms with van der Waals surface area (Å²) in [4.78, 5) is 27.1. The van der Waals surface area contributed by atoms with Crippen LogP contribution in [-0.2, 0) is 18.9 Å². The maximum Gasteiger partial charge on any atom is 0.254 e. The molecule has 9 nitrogen and oxygen atoms in total. The summed E-state index contributed by atoms with van der Waals surface area (Å²) in [5, 5.41) is 14.5. The van der Waals surface area contributed by atoms with Crippen molar-refractivity contribution < 1.29 is 9.59 Å². The first kappa shape index (κ1) is 20.1. The van der Waals surface area contributed by atoms with Gasteiger partial charge in [0, 0.05) is 39.4 Å². The lowest BCUT2D eigenvalue weighted by molar-refractivity contribution is -0.121. The zero-order valence-electron chi connectivity index (χ0n) is 17.2. The third kappa shape index (κ3) is 4.24. The number of nitrogens with zero attached hydrogens (tertiary/aromatic N) is 5. The lowest BCUT2D eigenvalue weighted by Gasteiger charge is -2.35. The van der Waals surface area contributed by atoms with Gasteiger partial charge in [-0.05, 0) is 33.6 Å². The number of nitrogens with one attached hydrogen (secondary N) is 2. The van der Waals surface area contributed by atoms with Crippen LogP contribution in [0, 0.1) is 13.8 Å². The molecular formula is C19H29N7O2. The van der Waals surface area contributed by atoms with Gasteiger partial charge in [0.15, 0.2) is 0 Å². The highest BCUT2D eigenvalue weighted by Gasteiger charge is 2.28. The van der Waals surface area contributed by atoms with Crippen molar-refractivity contribution >= 4 is 17.5 Å². The third-order valence-corrected chi connectivity index (χ3v) is 5.52. The van der Waals surface area contributed by atoms with Gasteiger partial charge in [0.2, 0.25) is 5.91 Å². The van der Waals surface area contributed by atoms with E-state index in [1.807, 2.05) is 27.8 Å². The van der Waals surface area contributed by atoms with Gasteiger partial charge in [0.25, 0.3) is 5.91 Å². The zero-order valence-corrected chi connectivity index (χ0v) is 17.2. The van der Waals surface area contributed by atoms with Crippen LogP contribution < -0.4 is 10.6 Å². The first-order valence-electron chi connectivity index (χ1n) is 9.61. The highest BCUT2D eigenvalue weighted by molar-refractivity contribution is 5.95. The lowest BCUT2D eigenvalue weighted by Crippen LogP contribution is -2.50. The van der Waals surface area contributed by atoms with Crippen LogP contribution in [-0.4, -0.2) is 61.4 Å². The van der Waals surface area contributed by atoms with E-state index >= 15 is 0 Å². The maximum absolute atomic E-state index is 12.7.